The molecule has 61 heavy (non-hydrogen) atoms. The molecule has 0 saturated carbocycles. The summed E-state index contributed by atoms with van der Waals surface area (Å²) >= 11 is 0. The largest absolute Gasteiger partial charge is 0.461 e. The normalized spacial score (nSPS) is 33.5. The van der Waals surface area contributed by atoms with Crippen molar-refractivity contribution in [3.8, 4) is 0 Å². The lowest BCUT2D eigenvalue weighted by Gasteiger charge is -2.39. The van der Waals surface area contributed by atoms with Crippen molar-refractivity contribution in [3.63, 3.8) is 0 Å². The number of fused-ring (bicyclic) bond motifs is 2. The first-order valence-corrected chi connectivity index (χ1v) is 21.8. The van der Waals surface area contributed by atoms with Crippen LogP contribution in [0.5, 0.6) is 0 Å². The molecule has 15 atom stereocenters. The van der Waals surface area contributed by atoms with E-state index in [1.54, 1.807) is 60.8 Å². The highest BCUT2D eigenvalue weighted by Gasteiger charge is 2.59. The van der Waals surface area contributed by atoms with Gasteiger partial charge >= 0.3 is 11.9 Å². The number of ether oxygens (including phenoxy) is 8. The van der Waals surface area contributed by atoms with E-state index >= 15 is 0 Å². The van der Waals surface area contributed by atoms with Crippen LogP contribution in [0.1, 0.15) is 93.4 Å². The Bertz CT molecular complexity index is 1520. The van der Waals surface area contributed by atoms with E-state index in [0.717, 1.165) is 12.0 Å². The smallest absolute Gasteiger partial charge is 0.331 e. The molecule has 346 valence electrons. The van der Waals surface area contributed by atoms with E-state index in [-0.39, 0.29) is 48.5 Å². The fourth-order valence-corrected chi connectivity index (χ4v) is 8.79. The molecule has 1 amide bonds. The van der Waals surface area contributed by atoms with Crippen molar-refractivity contribution >= 4 is 24.1 Å². The topological polar surface area (TPSA) is 169 Å². The SMILES string of the molecule is CO[C@H]1C/C=C(C)/C=C/C(=O)O[C@H]([C@@H](C)[C@@H](O)[C@@H](C)CCC(=O)[C@H](C)[C@H](OC(C)=O)[C@H](C)/C=C/N(C)C=O)[C@@H](C)[C@H](OC)C[C@H](OC)[C@]2(CO2)[C@@H](OC)C[C@@H]2CC=C[C@@H](C1)O2. The van der Waals surface area contributed by atoms with Gasteiger partial charge < -0.3 is 47.9 Å². The molecule has 3 heterocycles. The monoisotopic (exact) mass is 862 g/mol. The number of methoxy groups -OCH3 is 4. The minimum absolute atomic E-state index is 0.0943. The number of Topliss-reactive ketones (excluding diaryl/α,β-unsaturated/α-hetero) is 1. The van der Waals surface area contributed by atoms with Crippen LogP contribution in [0.2, 0.25) is 0 Å². The number of epoxide rings is 1. The predicted octanol–water partition coefficient (Wildman–Crippen LogP) is 5.94. The Kier molecular flexibility index (Phi) is 21.5. The highest BCUT2D eigenvalue weighted by molar-refractivity contribution is 5.83. The standard InChI is InChI=1S/C47H75NO13/c1-29-16-19-36(54-9)24-37-14-13-15-38(60-37)25-41(56-11)47(27-58-47)42(57-12)26-40(55-10)33(5)46(61-43(52)21-17-29)34(6)44(53)30(2)18-20-39(51)32(4)45(59-35(7)50)31(3)22-23-48(8)28-49/h13-14,16-17,21-23,28,30-34,36-38,40-42,44-46,53H,15,18-20,24-27H2,1-12H3/b21-17+,23-22+,29-16+/t30-,31+,32-,33-,34-,36-,37-,38-,40+,41-,42-,44-,45+,46-,47-/m0/s1. The summed E-state index contributed by atoms with van der Waals surface area (Å²) < 4.78 is 48.8. The van der Waals surface area contributed by atoms with Gasteiger partial charge in [-0.05, 0) is 32.1 Å². The summed E-state index contributed by atoms with van der Waals surface area (Å²) in [6.45, 7) is 12.8. The van der Waals surface area contributed by atoms with Gasteiger partial charge in [0.2, 0.25) is 6.41 Å². The van der Waals surface area contributed by atoms with Crippen molar-refractivity contribution in [2.45, 2.75) is 154 Å². The number of ketones is 1. The fraction of sp³-hybridized carbons (Fsp3) is 0.745. The minimum atomic E-state index is -0.976. The van der Waals surface area contributed by atoms with Gasteiger partial charge in [-0.3, -0.25) is 14.4 Å². The van der Waals surface area contributed by atoms with Gasteiger partial charge in [0.1, 0.15) is 23.6 Å². The van der Waals surface area contributed by atoms with Gasteiger partial charge in [0, 0.05) is 98.1 Å². The Morgan fingerprint density at radius 1 is 1.00 bits per heavy atom. The average molecular weight is 862 g/mol. The van der Waals surface area contributed by atoms with Gasteiger partial charge in [0.15, 0.2) is 0 Å². The van der Waals surface area contributed by atoms with Crippen LogP contribution >= 0.6 is 0 Å². The van der Waals surface area contributed by atoms with E-state index < -0.39 is 65.8 Å². The number of nitrogens with zero attached hydrogens (tertiary/aromatic N) is 1. The van der Waals surface area contributed by atoms with Crippen LogP contribution in [-0.4, -0.2) is 137 Å². The molecule has 0 aromatic heterocycles. The first-order valence-electron chi connectivity index (χ1n) is 21.8. The summed E-state index contributed by atoms with van der Waals surface area (Å²) in [6.07, 6.45) is 12.6. The first-order chi connectivity index (χ1) is 28.9. The maximum absolute atomic E-state index is 13.6. The second kappa shape index (κ2) is 25.2. The van der Waals surface area contributed by atoms with E-state index in [0.29, 0.717) is 45.1 Å². The van der Waals surface area contributed by atoms with Crippen LogP contribution < -0.4 is 0 Å². The lowest BCUT2D eigenvalue weighted by Crippen LogP contribution is -2.50. The summed E-state index contributed by atoms with van der Waals surface area (Å²) in [4.78, 5) is 51.7. The molecule has 0 aliphatic carbocycles. The molecule has 3 aliphatic rings. The zero-order valence-electron chi connectivity index (χ0n) is 38.7. The summed E-state index contributed by atoms with van der Waals surface area (Å²) in [5.74, 6) is -3.60. The van der Waals surface area contributed by atoms with Crippen molar-refractivity contribution in [2.75, 3.05) is 42.1 Å². The van der Waals surface area contributed by atoms with Crippen molar-refractivity contribution in [2.24, 2.45) is 29.6 Å². The number of allylic oxidation sites excluding steroid dienone is 2. The quantitative estimate of drug-likeness (QED) is 0.0790. The molecule has 3 rings (SSSR count). The molecule has 14 nitrogen and oxygen atoms in total. The van der Waals surface area contributed by atoms with Crippen molar-refractivity contribution in [3.05, 3.63) is 48.2 Å². The van der Waals surface area contributed by atoms with Crippen LogP contribution in [-0.2, 0) is 57.1 Å². The van der Waals surface area contributed by atoms with Gasteiger partial charge in [-0.15, -0.1) is 0 Å². The number of hydrogen-bond acceptors (Lipinski definition) is 13. The highest BCUT2D eigenvalue weighted by Crippen LogP contribution is 2.43. The Hall–Kier alpha value is -3.24. The second-order valence-electron chi connectivity index (χ2n) is 17.4. The Morgan fingerprint density at radius 3 is 2.26 bits per heavy atom. The number of amides is 1. The number of carbonyl (C=O) groups excluding carboxylic acids is 4. The molecular formula is C47H75NO13. The lowest BCUT2D eigenvalue weighted by molar-refractivity contribution is -0.159. The Labute approximate surface area is 364 Å². The van der Waals surface area contributed by atoms with E-state index in [1.807, 2.05) is 40.7 Å². The fourth-order valence-electron chi connectivity index (χ4n) is 8.79. The summed E-state index contributed by atoms with van der Waals surface area (Å²) in [7, 11) is 8.20. The zero-order chi connectivity index (χ0) is 45.4. The van der Waals surface area contributed by atoms with Gasteiger partial charge in [0.25, 0.3) is 0 Å². The molecule has 3 aliphatic heterocycles. The van der Waals surface area contributed by atoms with Crippen LogP contribution in [0.4, 0.5) is 0 Å². The van der Waals surface area contributed by atoms with Crippen LogP contribution in [0.3, 0.4) is 0 Å². The number of aliphatic hydroxyl groups is 1. The van der Waals surface area contributed by atoms with Crippen LogP contribution in [0.25, 0.3) is 0 Å². The molecule has 0 radical (unpaired) electrons. The molecule has 1 fully saturated rings. The number of cyclic esters (lactones) is 1. The third-order valence-corrected chi connectivity index (χ3v) is 12.9. The van der Waals surface area contributed by atoms with Gasteiger partial charge in [-0.2, -0.15) is 0 Å². The lowest BCUT2D eigenvalue weighted by atomic mass is 9.78. The Balaban J connectivity index is 1.89. The molecule has 1 spiro atoms. The molecule has 1 saturated heterocycles. The number of hydrogen-bond donors (Lipinski definition) is 1. The van der Waals surface area contributed by atoms with Gasteiger partial charge in [-0.25, -0.2) is 4.79 Å². The minimum Gasteiger partial charge on any atom is -0.461 e. The zero-order valence-corrected chi connectivity index (χ0v) is 38.7. The molecule has 2 bridgehead atoms. The van der Waals surface area contributed by atoms with Gasteiger partial charge in [0.05, 0.1) is 55.3 Å². The van der Waals surface area contributed by atoms with Crippen molar-refractivity contribution < 1.29 is 62.2 Å². The molecule has 14 heteroatoms. The second-order valence-corrected chi connectivity index (χ2v) is 17.4. The predicted molar refractivity (Wildman–Crippen MR) is 230 cm³/mol. The summed E-state index contributed by atoms with van der Waals surface area (Å²) in [5.41, 5.74) is 0.117. The van der Waals surface area contributed by atoms with E-state index in [2.05, 4.69) is 12.2 Å². The first kappa shape index (κ1) is 52.1. The third kappa shape index (κ3) is 15.2. The molecular weight excluding hydrogens is 787 g/mol. The number of rotatable bonds is 17. The third-order valence-electron chi connectivity index (χ3n) is 12.9. The van der Waals surface area contributed by atoms with E-state index in [4.69, 9.17) is 37.9 Å². The highest BCUT2D eigenvalue weighted by atomic mass is 16.6. The van der Waals surface area contributed by atoms with Crippen LogP contribution in [0.15, 0.2) is 48.2 Å². The number of aliphatic hydroxyl groups excluding tert-OH is 1. The molecule has 1 N–H and O–H groups in total. The van der Waals surface area contributed by atoms with Crippen molar-refractivity contribution in [1.29, 1.82) is 0 Å². The summed E-state index contributed by atoms with van der Waals surface area (Å²) in [5, 5.41) is 11.9. The van der Waals surface area contributed by atoms with E-state index in [1.165, 1.54) is 17.9 Å². The molecule has 0 aromatic carbocycles. The summed E-state index contributed by atoms with van der Waals surface area (Å²) in [6, 6.07) is 0. The van der Waals surface area contributed by atoms with Crippen LogP contribution in [0, 0.1) is 29.6 Å². The molecule has 0 aromatic rings. The van der Waals surface area contributed by atoms with Gasteiger partial charge in [-0.1, -0.05) is 70.6 Å². The Morgan fingerprint density at radius 2 is 1.67 bits per heavy atom. The maximum Gasteiger partial charge on any atom is 0.331 e. The van der Waals surface area contributed by atoms with E-state index in [9.17, 15) is 24.3 Å². The number of carbonyl (C=O) groups is 4. The number of esters is 2. The average Bonchev–Trinajstić information content (AvgIpc) is 4.06. The maximum atomic E-state index is 13.6. The molecule has 0 unspecified atom stereocenters. The van der Waals surface area contributed by atoms with Crippen molar-refractivity contribution in [1.82, 2.24) is 4.90 Å².